The van der Waals surface area contributed by atoms with Gasteiger partial charge in [0.15, 0.2) is 0 Å². The summed E-state index contributed by atoms with van der Waals surface area (Å²) in [6, 6.07) is 23.9. The van der Waals surface area contributed by atoms with Crippen LogP contribution in [0.4, 0.5) is 11.4 Å². The number of azo groups is 1. The monoisotopic (exact) mass is 342 g/mol. The summed E-state index contributed by atoms with van der Waals surface area (Å²) in [5, 5.41) is 13.4. The molecule has 0 aliphatic heterocycles. The van der Waals surface area contributed by atoms with E-state index in [1.54, 1.807) is 0 Å². The van der Waals surface area contributed by atoms with Gasteiger partial charge in [-0.05, 0) is 44.0 Å². The molecule has 0 aliphatic rings. The molecule has 3 rings (SSSR count). The zero-order valence-corrected chi connectivity index (χ0v) is 15.3. The molecule has 0 atom stereocenters. The highest BCUT2D eigenvalue weighted by Gasteiger charge is 2.06. The molecule has 0 aliphatic carbocycles. The van der Waals surface area contributed by atoms with E-state index < -0.39 is 0 Å². The van der Waals surface area contributed by atoms with E-state index in [1.807, 2.05) is 60.7 Å². The van der Waals surface area contributed by atoms with E-state index in [0.29, 0.717) is 5.84 Å². The van der Waals surface area contributed by atoms with Crippen LogP contribution in [0.5, 0.6) is 0 Å². The van der Waals surface area contributed by atoms with Crippen LogP contribution in [0.15, 0.2) is 88.1 Å². The van der Waals surface area contributed by atoms with Gasteiger partial charge in [0.1, 0.15) is 0 Å². The lowest BCUT2D eigenvalue weighted by molar-refractivity contribution is 1.18. The molecule has 0 saturated carbocycles. The van der Waals surface area contributed by atoms with E-state index in [2.05, 4.69) is 53.7 Å². The van der Waals surface area contributed by atoms with Crippen molar-refractivity contribution in [3.63, 3.8) is 0 Å². The number of anilines is 1. The molecule has 0 aromatic heterocycles. The molecular weight excluding hydrogens is 320 g/mol. The first-order valence-electron chi connectivity index (χ1n) is 8.57. The standard InChI is InChI=1S/C22H22N4/c1-16-14-17(2)21(18(3)15-16)24-26-22(19-10-6-4-7-11-19)25-23-20-12-8-5-9-13-20/h4-15,23H,1-3H3. The van der Waals surface area contributed by atoms with E-state index >= 15 is 0 Å². The van der Waals surface area contributed by atoms with E-state index in [1.165, 1.54) is 5.56 Å². The van der Waals surface area contributed by atoms with Crippen molar-refractivity contribution in [1.29, 1.82) is 0 Å². The molecular formula is C22H22N4. The predicted octanol–water partition coefficient (Wildman–Crippen LogP) is 6.17. The zero-order valence-electron chi connectivity index (χ0n) is 15.3. The summed E-state index contributed by atoms with van der Waals surface area (Å²) in [6.07, 6.45) is 0. The summed E-state index contributed by atoms with van der Waals surface area (Å²) in [4.78, 5) is 0. The van der Waals surface area contributed by atoms with Crippen LogP contribution in [0.25, 0.3) is 0 Å². The fourth-order valence-electron chi connectivity index (χ4n) is 2.79. The molecule has 1 N–H and O–H groups in total. The van der Waals surface area contributed by atoms with Crippen molar-refractivity contribution >= 4 is 17.2 Å². The molecule has 0 radical (unpaired) electrons. The molecule has 26 heavy (non-hydrogen) atoms. The highest BCUT2D eigenvalue weighted by atomic mass is 15.3. The van der Waals surface area contributed by atoms with Crippen LogP contribution in [-0.4, -0.2) is 5.84 Å². The first-order valence-corrected chi connectivity index (χ1v) is 8.57. The summed E-state index contributed by atoms with van der Waals surface area (Å²) in [6.45, 7) is 6.19. The molecule has 4 heteroatoms. The van der Waals surface area contributed by atoms with Gasteiger partial charge in [0.2, 0.25) is 5.84 Å². The molecule has 4 nitrogen and oxygen atoms in total. The highest BCUT2D eigenvalue weighted by molar-refractivity contribution is 5.99. The Labute approximate surface area is 154 Å². The number of rotatable bonds is 4. The van der Waals surface area contributed by atoms with Crippen molar-refractivity contribution in [3.8, 4) is 0 Å². The maximum atomic E-state index is 4.49. The van der Waals surface area contributed by atoms with Gasteiger partial charge in [-0.1, -0.05) is 66.2 Å². The van der Waals surface area contributed by atoms with E-state index in [0.717, 1.165) is 28.1 Å². The molecule has 0 bridgehead atoms. The van der Waals surface area contributed by atoms with Crippen LogP contribution in [0, 0.1) is 20.8 Å². The number of amidine groups is 1. The molecule has 0 amide bonds. The second-order valence-corrected chi connectivity index (χ2v) is 6.23. The number of hydrogen-bond donors (Lipinski definition) is 1. The molecule has 130 valence electrons. The average Bonchev–Trinajstić information content (AvgIpc) is 2.65. The Balaban J connectivity index is 1.94. The smallest absolute Gasteiger partial charge is 0.201 e. The minimum absolute atomic E-state index is 0.536. The first-order chi connectivity index (χ1) is 12.6. The minimum atomic E-state index is 0.536. The molecule has 0 unspecified atom stereocenters. The lowest BCUT2D eigenvalue weighted by atomic mass is 10.1. The minimum Gasteiger partial charge on any atom is -0.276 e. The van der Waals surface area contributed by atoms with Crippen molar-refractivity contribution in [2.24, 2.45) is 15.3 Å². The third kappa shape index (κ3) is 4.42. The number of aryl methyl sites for hydroxylation is 3. The lowest BCUT2D eigenvalue weighted by Gasteiger charge is -2.06. The van der Waals surface area contributed by atoms with Crippen molar-refractivity contribution in [2.75, 3.05) is 5.43 Å². The maximum Gasteiger partial charge on any atom is 0.201 e. The predicted molar refractivity (Wildman–Crippen MR) is 108 cm³/mol. The number of nitrogens with zero attached hydrogens (tertiary/aromatic N) is 3. The lowest BCUT2D eigenvalue weighted by Crippen LogP contribution is -2.01. The molecule has 0 spiro atoms. The van der Waals surface area contributed by atoms with Crippen LogP contribution >= 0.6 is 0 Å². The Kier molecular flexibility index (Phi) is 5.54. The van der Waals surface area contributed by atoms with E-state index in [-0.39, 0.29) is 0 Å². The van der Waals surface area contributed by atoms with E-state index in [4.69, 9.17) is 0 Å². The average molecular weight is 342 g/mol. The topological polar surface area (TPSA) is 49.1 Å². The number of hydrogen-bond acceptors (Lipinski definition) is 3. The van der Waals surface area contributed by atoms with Crippen molar-refractivity contribution < 1.29 is 0 Å². The van der Waals surface area contributed by atoms with Gasteiger partial charge < -0.3 is 0 Å². The molecule has 0 fully saturated rings. The second kappa shape index (κ2) is 8.21. The normalized spacial score (nSPS) is 11.7. The molecule has 3 aromatic rings. The fraction of sp³-hybridized carbons (Fsp3) is 0.136. The summed E-state index contributed by atoms with van der Waals surface area (Å²) in [5.74, 6) is 0.536. The van der Waals surface area contributed by atoms with Gasteiger partial charge in [0.25, 0.3) is 0 Å². The quantitative estimate of drug-likeness (QED) is 0.262. The summed E-state index contributed by atoms with van der Waals surface area (Å²) >= 11 is 0. The third-order valence-electron chi connectivity index (χ3n) is 3.98. The highest BCUT2D eigenvalue weighted by Crippen LogP contribution is 2.25. The van der Waals surface area contributed by atoms with Crippen molar-refractivity contribution in [1.82, 2.24) is 0 Å². The Hall–Kier alpha value is -3.27. The van der Waals surface area contributed by atoms with Crippen LogP contribution in [0.2, 0.25) is 0 Å². The summed E-state index contributed by atoms with van der Waals surface area (Å²) < 4.78 is 0. The van der Waals surface area contributed by atoms with Crippen molar-refractivity contribution in [3.05, 3.63) is 95.1 Å². The molecule has 3 aromatic carbocycles. The van der Waals surface area contributed by atoms with Crippen LogP contribution < -0.4 is 5.43 Å². The zero-order chi connectivity index (χ0) is 18.4. The molecule has 0 saturated heterocycles. The Morgan fingerprint density at radius 2 is 1.35 bits per heavy atom. The van der Waals surface area contributed by atoms with Crippen LogP contribution in [0.3, 0.4) is 0 Å². The maximum absolute atomic E-state index is 4.49. The Morgan fingerprint density at radius 3 is 1.96 bits per heavy atom. The van der Waals surface area contributed by atoms with Gasteiger partial charge in [-0.15, -0.1) is 10.2 Å². The van der Waals surface area contributed by atoms with Gasteiger partial charge in [0, 0.05) is 5.56 Å². The Bertz CT molecular complexity index is 906. The summed E-state index contributed by atoms with van der Waals surface area (Å²) in [5.41, 5.74) is 9.18. The second-order valence-electron chi connectivity index (χ2n) is 6.23. The first kappa shape index (κ1) is 17.5. The fourth-order valence-corrected chi connectivity index (χ4v) is 2.79. The van der Waals surface area contributed by atoms with Gasteiger partial charge >= 0.3 is 0 Å². The van der Waals surface area contributed by atoms with Gasteiger partial charge in [-0.2, -0.15) is 5.10 Å². The van der Waals surface area contributed by atoms with Crippen LogP contribution in [-0.2, 0) is 0 Å². The van der Waals surface area contributed by atoms with Crippen molar-refractivity contribution in [2.45, 2.75) is 20.8 Å². The van der Waals surface area contributed by atoms with Gasteiger partial charge in [-0.25, -0.2) is 0 Å². The number of nitrogens with one attached hydrogen (secondary N) is 1. The van der Waals surface area contributed by atoms with E-state index in [9.17, 15) is 0 Å². The number of para-hydroxylation sites is 1. The molecule has 0 heterocycles. The summed E-state index contributed by atoms with van der Waals surface area (Å²) in [7, 11) is 0. The van der Waals surface area contributed by atoms with Gasteiger partial charge in [-0.3, -0.25) is 5.43 Å². The largest absolute Gasteiger partial charge is 0.276 e. The number of benzene rings is 3. The SMILES string of the molecule is Cc1cc(C)c(N=NC(=NNc2ccccc2)c2ccccc2)c(C)c1. The Morgan fingerprint density at radius 1 is 0.769 bits per heavy atom. The van der Waals surface area contributed by atoms with Gasteiger partial charge in [0.05, 0.1) is 11.4 Å². The van der Waals surface area contributed by atoms with Crippen LogP contribution in [0.1, 0.15) is 22.3 Å². The third-order valence-corrected chi connectivity index (χ3v) is 3.98. The number of hydrazone groups is 1.